The molecule has 0 aromatic carbocycles. The second-order valence-electron chi connectivity index (χ2n) is 6.83. The van der Waals surface area contributed by atoms with Crippen molar-refractivity contribution in [3.05, 3.63) is 23.5 Å². The second-order valence-corrected chi connectivity index (χ2v) is 6.83. The molecule has 1 amide bonds. The molecule has 0 bridgehead atoms. The van der Waals surface area contributed by atoms with Crippen molar-refractivity contribution in [3.63, 3.8) is 0 Å². The number of ether oxygens (including phenoxy) is 1. The number of hydrogen-bond donors (Lipinski definition) is 1. The van der Waals surface area contributed by atoms with Crippen molar-refractivity contribution >= 4 is 5.91 Å². The van der Waals surface area contributed by atoms with Crippen LogP contribution < -0.4 is 0 Å². The molecule has 1 aromatic rings. The van der Waals surface area contributed by atoms with Gasteiger partial charge in [-0.2, -0.15) is 0 Å². The van der Waals surface area contributed by atoms with E-state index in [0.29, 0.717) is 5.69 Å². The summed E-state index contributed by atoms with van der Waals surface area (Å²) in [6, 6.07) is 3.93. The van der Waals surface area contributed by atoms with E-state index in [1.165, 1.54) is 25.8 Å². The van der Waals surface area contributed by atoms with E-state index in [2.05, 4.69) is 9.88 Å². The molecular formula is C17H27N3O2. The summed E-state index contributed by atoms with van der Waals surface area (Å²) in [5, 5.41) is 0. The Hall–Kier alpha value is -1.33. The molecule has 0 aliphatic carbocycles. The maximum absolute atomic E-state index is 11.9. The van der Waals surface area contributed by atoms with Gasteiger partial charge in [0, 0.05) is 46.1 Å². The van der Waals surface area contributed by atoms with Crippen molar-refractivity contribution in [2.75, 3.05) is 40.4 Å². The molecule has 1 unspecified atom stereocenters. The highest BCUT2D eigenvalue weighted by molar-refractivity contribution is 5.92. The van der Waals surface area contributed by atoms with Crippen LogP contribution in [0.5, 0.6) is 0 Å². The van der Waals surface area contributed by atoms with Crippen LogP contribution in [0.15, 0.2) is 12.1 Å². The smallest absolute Gasteiger partial charge is 0.269 e. The molecule has 122 valence electrons. The van der Waals surface area contributed by atoms with Crippen LogP contribution in [0.4, 0.5) is 0 Å². The highest BCUT2D eigenvalue weighted by Gasteiger charge is 2.30. The number of aromatic nitrogens is 1. The van der Waals surface area contributed by atoms with E-state index in [-0.39, 0.29) is 5.91 Å². The predicted octanol–water partition coefficient (Wildman–Crippen LogP) is 1.97. The van der Waals surface area contributed by atoms with Gasteiger partial charge in [0.15, 0.2) is 0 Å². The highest BCUT2D eigenvalue weighted by Crippen LogP contribution is 2.31. The molecule has 1 atom stereocenters. The minimum atomic E-state index is 0.0350. The van der Waals surface area contributed by atoms with E-state index in [4.69, 9.17) is 4.74 Å². The number of carbonyl (C=O) groups excluding carboxylic acids is 1. The maximum atomic E-state index is 11.9. The lowest BCUT2D eigenvalue weighted by Crippen LogP contribution is -2.27. The summed E-state index contributed by atoms with van der Waals surface area (Å²) in [6.07, 6.45) is 3.75. The minimum absolute atomic E-state index is 0.0350. The minimum Gasteiger partial charge on any atom is -0.381 e. The van der Waals surface area contributed by atoms with Crippen LogP contribution in [0.1, 0.15) is 35.4 Å². The van der Waals surface area contributed by atoms with Crippen LogP contribution in [0.3, 0.4) is 0 Å². The SMILES string of the molecule is CN(C)C(=O)c1ccc(CN2CCC(C3CCOCC3)C2)[nH]1. The highest BCUT2D eigenvalue weighted by atomic mass is 16.5. The number of rotatable bonds is 4. The molecule has 2 fully saturated rings. The first kappa shape index (κ1) is 15.6. The third-order valence-electron chi connectivity index (χ3n) is 5.02. The Labute approximate surface area is 132 Å². The fourth-order valence-corrected chi connectivity index (χ4v) is 3.72. The van der Waals surface area contributed by atoms with Crippen LogP contribution >= 0.6 is 0 Å². The molecule has 0 spiro atoms. The first-order chi connectivity index (χ1) is 10.6. The van der Waals surface area contributed by atoms with Gasteiger partial charge in [0.05, 0.1) is 0 Å². The average molecular weight is 305 g/mol. The van der Waals surface area contributed by atoms with Crippen LogP contribution in [-0.4, -0.2) is 61.1 Å². The number of amides is 1. The molecular weight excluding hydrogens is 278 g/mol. The van der Waals surface area contributed by atoms with Gasteiger partial charge in [-0.1, -0.05) is 0 Å². The van der Waals surface area contributed by atoms with Crippen molar-refractivity contribution in [1.82, 2.24) is 14.8 Å². The molecule has 5 nitrogen and oxygen atoms in total. The Morgan fingerprint density at radius 3 is 2.77 bits per heavy atom. The first-order valence-corrected chi connectivity index (χ1v) is 8.33. The molecule has 0 saturated carbocycles. The van der Waals surface area contributed by atoms with E-state index in [0.717, 1.165) is 43.8 Å². The van der Waals surface area contributed by atoms with Gasteiger partial charge in [0.2, 0.25) is 0 Å². The molecule has 2 aliphatic heterocycles. The molecule has 3 rings (SSSR count). The molecule has 1 aromatic heterocycles. The number of hydrogen-bond acceptors (Lipinski definition) is 3. The summed E-state index contributed by atoms with van der Waals surface area (Å²) in [5.74, 6) is 1.70. The molecule has 5 heteroatoms. The number of nitrogens with one attached hydrogen (secondary N) is 1. The van der Waals surface area contributed by atoms with Crippen LogP contribution in [-0.2, 0) is 11.3 Å². The van der Waals surface area contributed by atoms with Gasteiger partial charge in [-0.15, -0.1) is 0 Å². The Balaban J connectivity index is 1.53. The molecule has 22 heavy (non-hydrogen) atoms. The van der Waals surface area contributed by atoms with E-state index >= 15 is 0 Å². The number of carbonyl (C=O) groups is 1. The maximum Gasteiger partial charge on any atom is 0.269 e. The molecule has 2 aliphatic rings. The zero-order chi connectivity index (χ0) is 15.5. The zero-order valence-corrected chi connectivity index (χ0v) is 13.7. The van der Waals surface area contributed by atoms with Gasteiger partial charge in [-0.05, 0) is 49.8 Å². The average Bonchev–Trinajstić information content (AvgIpc) is 3.17. The topological polar surface area (TPSA) is 48.6 Å². The summed E-state index contributed by atoms with van der Waals surface area (Å²) in [7, 11) is 3.56. The standard InChI is InChI=1S/C17H27N3O2/c1-19(2)17(21)16-4-3-15(18-16)12-20-8-5-14(11-20)13-6-9-22-10-7-13/h3-4,13-14,18H,5-12H2,1-2H3. The fraction of sp³-hybridized carbons (Fsp3) is 0.706. The Morgan fingerprint density at radius 1 is 1.27 bits per heavy atom. The van der Waals surface area contributed by atoms with Gasteiger partial charge in [-0.3, -0.25) is 9.69 Å². The normalized spacial score (nSPS) is 23.8. The van der Waals surface area contributed by atoms with Crippen molar-refractivity contribution in [1.29, 1.82) is 0 Å². The first-order valence-electron chi connectivity index (χ1n) is 8.33. The van der Waals surface area contributed by atoms with E-state index in [1.54, 1.807) is 19.0 Å². The van der Waals surface area contributed by atoms with Crippen LogP contribution in [0, 0.1) is 11.8 Å². The van der Waals surface area contributed by atoms with E-state index in [1.807, 2.05) is 12.1 Å². The van der Waals surface area contributed by atoms with Gasteiger partial charge >= 0.3 is 0 Å². The number of nitrogens with zero attached hydrogens (tertiary/aromatic N) is 2. The fourth-order valence-electron chi connectivity index (χ4n) is 3.72. The summed E-state index contributed by atoms with van der Waals surface area (Å²) < 4.78 is 5.47. The lowest BCUT2D eigenvalue weighted by atomic mass is 9.85. The number of aromatic amines is 1. The van der Waals surface area contributed by atoms with Gasteiger partial charge in [0.25, 0.3) is 5.91 Å². The number of H-pyrrole nitrogens is 1. The van der Waals surface area contributed by atoms with Crippen molar-refractivity contribution < 1.29 is 9.53 Å². The predicted molar refractivity (Wildman–Crippen MR) is 85.7 cm³/mol. The van der Waals surface area contributed by atoms with Crippen LogP contribution in [0.2, 0.25) is 0 Å². The van der Waals surface area contributed by atoms with Crippen molar-refractivity contribution in [2.24, 2.45) is 11.8 Å². The second kappa shape index (κ2) is 6.84. The van der Waals surface area contributed by atoms with Crippen LogP contribution in [0.25, 0.3) is 0 Å². The molecule has 2 saturated heterocycles. The monoisotopic (exact) mass is 305 g/mol. The lowest BCUT2D eigenvalue weighted by molar-refractivity contribution is 0.0477. The summed E-state index contributed by atoms with van der Waals surface area (Å²) >= 11 is 0. The van der Waals surface area contributed by atoms with Crippen molar-refractivity contribution in [2.45, 2.75) is 25.8 Å². The van der Waals surface area contributed by atoms with Gasteiger partial charge in [0.1, 0.15) is 5.69 Å². The van der Waals surface area contributed by atoms with Crippen molar-refractivity contribution in [3.8, 4) is 0 Å². The summed E-state index contributed by atoms with van der Waals surface area (Å²) in [5.41, 5.74) is 1.82. The molecule has 1 N–H and O–H groups in total. The van der Waals surface area contributed by atoms with E-state index in [9.17, 15) is 4.79 Å². The third-order valence-corrected chi connectivity index (χ3v) is 5.02. The quantitative estimate of drug-likeness (QED) is 0.925. The summed E-state index contributed by atoms with van der Waals surface area (Å²) in [4.78, 5) is 19.3. The number of likely N-dealkylation sites (tertiary alicyclic amines) is 1. The van der Waals surface area contributed by atoms with E-state index < -0.39 is 0 Å². The van der Waals surface area contributed by atoms with Gasteiger partial charge < -0.3 is 14.6 Å². The Bertz CT molecular complexity index is 506. The third kappa shape index (κ3) is 3.52. The Morgan fingerprint density at radius 2 is 2.05 bits per heavy atom. The molecule has 3 heterocycles. The van der Waals surface area contributed by atoms with Gasteiger partial charge in [-0.25, -0.2) is 0 Å². The summed E-state index contributed by atoms with van der Waals surface area (Å²) in [6.45, 7) is 5.14. The zero-order valence-electron chi connectivity index (χ0n) is 13.7. The largest absolute Gasteiger partial charge is 0.381 e. The molecule has 0 radical (unpaired) electrons. The lowest BCUT2D eigenvalue weighted by Gasteiger charge is -2.27. The Kier molecular flexibility index (Phi) is 4.84.